The van der Waals surface area contributed by atoms with Gasteiger partial charge in [-0.15, -0.1) is 13.2 Å². The predicted octanol–water partition coefficient (Wildman–Crippen LogP) is 3.34. The van der Waals surface area contributed by atoms with Crippen LogP contribution in [-0.4, -0.2) is 60.9 Å². The minimum Gasteiger partial charge on any atom is -0.491 e. The number of hydrogen-bond donors (Lipinski definition) is 4. The van der Waals surface area contributed by atoms with E-state index in [4.69, 9.17) is 9.47 Å². The fourth-order valence-corrected chi connectivity index (χ4v) is 4.98. The fourth-order valence-electron chi connectivity index (χ4n) is 4.98. The summed E-state index contributed by atoms with van der Waals surface area (Å²) >= 11 is 0. The van der Waals surface area contributed by atoms with Gasteiger partial charge in [-0.2, -0.15) is 0 Å². The number of carbonyl (C=O) groups is 1. The Kier molecular flexibility index (Phi) is 6.96. The summed E-state index contributed by atoms with van der Waals surface area (Å²) in [5, 5.41) is 24.7. The van der Waals surface area contributed by atoms with Crippen LogP contribution in [0, 0.1) is 11.6 Å². The number of ether oxygens (including phenoxy) is 3. The Hall–Kier alpha value is -3.36. The summed E-state index contributed by atoms with van der Waals surface area (Å²) in [7, 11) is 0. The van der Waals surface area contributed by atoms with E-state index in [9.17, 15) is 32.6 Å². The third-order valence-corrected chi connectivity index (χ3v) is 6.69. The first-order valence-corrected chi connectivity index (χ1v) is 11.9. The molecule has 2 aromatic carbocycles. The van der Waals surface area contributed by atoms with Crippen LogP contribution in [0.3, 0.4) is 0 Å². The van der Waals surface area contributed by atoms with Gasteiger partial charge in [-0.25, -0.2) is 13.6 Å². The molecule has 9 nitrogen and oxygen atoms in total. The van der Waals surface area contributed by atoms with Crippen molar-refractivity contribution in [1.29, 1.82) is 0 Å². The lowest BCUT2D eigenvalue weighted by molar-refractivity contribution is -0.274. The molecule has 3 aliphatic heterocycles. The van der Waals surface area contributed by atoms with Gasteiger partial charge in [0, 0.05) is 35.6 Å². The van der Waals surface area contributed by atoms with Gasteiger partial charge in [0.1, 0.15) is 41.7 Å². The lowest BCUT2D eigenvalue weighted by Crippen LogP contribution is -2.53. The van der Waals surface area contributed by atoms with E-state index in [0.717, 1.165) is 6.07 Å². The molecule has 2 aromatic rings. The van der Waals surface area contributed by atoms with Crippen molar-refractivity contribution in [1.82, 2.24) is 5.32 Å². The SMILES string of the molecule is O=C(Nc1cc(OC(F)(F)F)ccc1F)OC1CN(c2cc(F)c(C3CCC(O)NC3O)c3c2OCC3)C1. The normalized spacial score (nSPS) is 23.3. The monoisotopic (exact) mass is 545 g/mol. The maximum Gasteiger partial charge on any atom is 0.573 e. The van der Waals surface area contributed by atoms with Gasteiger partial charge in [-0.3, -0.25) is 10.6 Å². The molecular weight excluding hydrogens is 521 g/mol. The van der Waals surface area contributed by atoms with E-state index in [0.29, 0.717) is 60.6 Å². The van der Waals surface area contributed by atoms with E-state index in [2.05, 4.69) is 15.4 Å². The number of halogens is 5. The second kappa shape index (κ2) is 10.1. The Morgan fingerprint density at radius 2 is 1.89 bits per heavy atom. The van der Waals surface area contributed by atoms with Crippen molar-refractivity contribution in [3.63, 3.8) is 0 Å². The van der Waals surface area contributed by atoms with Crippen LogP contribution >= 0.6 is 0 Å². The molecule has 2 saturated heterocycles. The molecule has 1 amide bonds. The third kappa shape index (κ3) is 5.42. The van der Waals surface area contributed by atoms with Crippen molar-refractivity contribution in [3.8, 4) is 11.5 Å². The number of nitrogens with zero attached hydrogens (tertiary/aromatic N) is 1. The summed E-state index contributed by atoms with van der Waals surface area (Å²) in [6.45, 7) is 0.666. The van der Waals surface area contributed by atoms with Crippen molar-refractivity contribution in [3.05, 3.63) is 47.0 Å². The van der Waals surface area contributed by atoms with Crippen LogP contribution in [0.5, 0.6) is 11.5 Å². The quantitative estimate of drug-likeness (QED) is 0.424. The molecule has 0 spiro atoms. The molecule has 0 aliphatic carbocycles. The molecule has 0 bridgehead atoms. The van der Waals surface area contributed by atoms with Crippen LogP contribution in [-0.2, 0) is 11.2 Å². The van der Waals surface area contributed by atoms with Gasteiger partial charge >= 0.3 is 12.5 Å². The second-order valence-corrected chi connectivity index (χ2v) is 9.26. The van der Waals surface area contributed by atoms with E-state index in [1.54, 1.807) is 4.90 Å². The average Bonchev–Trinajstić information content (AvgIpc) is 3.27. The van der Waals surface area contributed by atoms with Gasteiger partial charge in [0.05, 0.1) is 31.1 Å². The van der Waals surface area contributed by atoms with Crippen LogP contribution in [0.25, 0.3) is 0 Å². The number of hydrogen-bond acceptors (Lipinski definition) is 8. The van der Waals surface area contributed by atoms with E-state index < -0.39 is 60.0 Å². The predicted molar refractivity (Wildman–Crippen MR) is 122 cm³/mol. The molecule has 3 atom stereocenters. The first-order valence-electron chi connectivity index (χ1n) is 11.9. The van der Waals surface area contributed by atoms with Gasteiger partial charge in [0.25, 0.3) is 0 Å². The minimum absolute atomic E-state index is 0.168. The van der Waals surface area contributed by atoms with Crippen LogP contribution < -0.4 is 25.0 Å². The summed E-state index contributed by atoms with van der Waals surface area (Å²) < 4.78 is 81.2. The molecule has 3 unspecified atom stereocenters. The highest BCUT2D eigenvalue weighted by molar-refractivity contribution is 5.85. The molecule has 206 valence electrons. The lowest BCUT2D eigenvalue weighted by atomic mass is 9.84. The molecule has 0 radical (unpaired) electrons. The number of aliphatic hydroxyl groups is 2. The van der Waals surface area contributed by atoms with Crippen molar-refractivity contribution < 1.29 is 51.2 Å². The summed E-state index contributed by atoms with van der Waals surface area (Å²) in [6.07, 6.45) is -7.51. The topological polar surface area (TPSA) is 113 Å². The standard InChI is InChI=1S/C24H24F5N3O6/c25-15-3-1-11(38-24(27,28)29)7-17(15)30-23(35)37-12-9-32(10-12)18-8-16(26)20(13-5-6-36-21(13)18)14-2-4-19(33)31-22(14)34/h1,3,7-8,12,14,19,22,31,33-34H,2,4-6,9-10H2,(H,30,35). The molecule has 5 rings (SSSR count). The summed E-state index contributed by atoms with van der Waals surface area (Å²) in [4.78, 5) is 13.9. The number of carbonyl (C=O) groups excluding carboxylic acids is 1. The van der Waals surface area contributed by atoms with Crippen LogP contribution in [0.1, 0.15) is 29.9 Å². The summed E-state index contributed by atoms with van der Waals surface area (Å²) in [5.41, 5.74) is 0.893. The molecular formula is C24H24F5N3O6. The van der Waals surface area contributed by atoms with Gasteiger partial charge < -0.3 is 29.3 Å². The van der Waals surface area contributed by atoms with Crippen molar-refractivity contribution in [2.24, 2.45) is 0 Å². The number of benzene rings is 2. The molecule has 0 aromatic heterocycles. The number of rotatable bonds is 5. The van der Waals surface area contributed by atoms with E-state index in [-0.39, 0.29) is 13.1 Å². The number of fused-ring (bicyclic) bond motifs is 1. The highest BCUT2D eigenvalue weighted by Gasteiger charge is 2.39. The zero-order chi connectivity index (χ0) is 27.2. The van der Waals surface area contributed by atoms with Crippen molar-refractivity contribution >= 4 is 17.5 Å². The number of alkyl halides is 3. The largest absolute Gasteiger partial charge is 0.573 e. The molecule has 4 N–H and O–H groups in total. The van der Waals surface area contributed by atoms with Crippen molar-refractivity contribution in [2.45, 2.75) is 50.1 Å². The Labute approximate surface area is 213 Å². The minimum atomic E-state index is -4.98. The first-order chi connectivity index (χ1) is 18.0. The van der Waals surface area contributed by atoms with Crippen LogP contribution in [0.2, 0.25) is 0 Å². The smallest absolute Gasteiger partial charge is 0.491 e. The van der Waals surface area contributed by atoms with Gasteiger partial charge in [0.15, 0.2) is 0 Å². The number of piperidine rings is 1. The third-order valence-electron chi connectivity index (χ3n) is 6.69. The number of nitrogens with one attached hydrogen (secondary N) is 2. The zero-order valence-corrected chi connectivity index (χ0v) is 19.7. The van der Waals surface area contributed by atoms with Crippen LogP contribution in [0.15, 0.2) is 24.3 Å². The van der Waals surface area contributed by atoms with Gasteiger partial charge in [0.2, 0.25) is 0 Å². The molecule has 14 heteroatoms. The maximum atomic E-state index is 15.3. The highest BCUT2D eigenvalue weighted by Crippen LogP contribution is 2.45. The average molecular weight is 545 g/mol. The van der Waals surface area contributed by atoms with E-state index in [1.807, 2.05) is 0 Å². The fraction of sp³-hybridized carbons (Fsp3) is 0.458. The highest BCUT2D eigenvalue weighted by atomic mass is 19.4. The Morgan fingerprint density at radius 3 is 2.61 bits per heavy atom. The van der Waals surface area contributed by atoms with Gasteiger partial charge in [-0.05, 0) is 25.0 Å². The molecule has 3 heterocycles. The molecule has 2 fully saturated rings. The maximum absolute atomic E-state index is 15.3. The van der Waals surface area contributed by atoms with Crippen molar-refractivity contribution in [2.75, 3.05) is 29.9 Å². The second-order valence-electron chi connectivity index (χ2n) is 9.26. The van der Waals surface area contributed by atoms with E-state index in [1.165, 1.54) is 6.07 Å². The van der Waals surface area contributed by atoms with Gasteiger partial charge in [-0.1, -0.05) is 0 Å². The molecule has 3 aliphatic rings. The zero-order valence-electron chi connectivity index (χ0n) is 19.7. The molecule has 38 heavy (non-hydrogen) atoms. The lowest BCUT2D eigenvalue weighted by Gasteiger charge is -2.41. The first kappa shape index (κ1) is 26.3. The van der Waals surface area contributed by atoms with E-state index >= 15 is 4.39 Å². The number of amides is 1. The Bertz CT molecular complexity index is 1220. The number of aliphatic hydroxyl groups excluding tert-OH is 2. The molecule has 0 saturated carbocycles. The summed E-state index contributed by atoms with van der Waals surface area (Å²) in [5.74, 6) is -2.30. The number of anilines is 2. The Balaban J connectivity index is 1.23. The Morgan fingerprint density at radius 1 is 1.13 bits per heavy atom. The van der Waals surface area contributed by atoms with Crippen LogP contribution in [0.4, 0.5) is 38.1 Å². The summed E-state index contributed by atoms with van der Waals surface area (Å²) in [6, 6.07) is 3.46.